The number of ether oxygens (including phenoxy) is 1. The third kappa shape index (κ3) is 5.84. The summed E-state index contributed by atoms with van der Waals surface area (Å²) in [4.78, 5) is 31.5. The molecule has 4 fully saturated rings. The van der Waals surface area contributed by atoms with Gasteiger partial charge in [0, 0.05) is 33.9 Å². The standard InChI is InChI=1S/C49H65NO5/c1-7-27-50(44(53)55-40-28-33(4)17-18-36(40)32(2)3)31-48(54)24-21-42-46(48,6)23-20-41-45(5)22-19-35(51)29-47(45)25-26-49(41,42)39(30-47)43(52)38-16-12-11-15-37(38)34-13-9-8-10-14-34/h8-16,25-26,30,32-33,35-36,40-42,51,54H,7,17-24,27-29,31H2,1-6H3/t33-,35?,36+,40-,41+,42+,45+,46-,47-,48+,49+/m0/s1. The highest BCUT2D eigenvalue weighted by molar-refractivity contribution is 6.14. The summed E-state index contributed by atoms with van der Waals surface area (Å²) in [5, 5.41) is 24.3. The van der Waals surface area contributed by atoms with Gasteiger partial charge in [0.15, 0.2) is 5.78 Å². The quantitative estimate of drug-likeness (QED) is 0.197. The largest absolute Gasteiger partial charge is 0.446 e. The van der Waals surface area contributed by atoms with Crippen molar-refractivity contribution in [3.05, 3.63) is 84.0 Å². The topological polar surface area (TPSA) is 87.1 Å². The van der Waals surface area contributed by atoms with E-state index in [1.807, 2.05) is 41.3 Å². The number of carbonyl (C=O) groups excluding carboxylic acids is 2. The second kappa shape index (κ2) is 14.0. The molecule has 2 spiro atoms. The molecule has 0 saturated heterocycles. The molecule has 6 heteroatoms. The van der Waals surface area contributed by atoms with E-state index in [0.717, 1.165) is 68.1 Å². The second-order valence-corrected chi connectivity index (χ2v) is 19.7. The molecule has 2 bridgehead atoms. The Morgan fingerprint density at radius 2 is 1.58 bits per heavy atom. The molecule has 296 valence electrons. The number of Topliss-reactive ketones (excluding diaryl/α,β-unsaturated/α-hetero) is 1. The Balaban J connectivity index is 1.17. The minimum absolute atomic E-state index is 0.00470. The lowest BCUT2D eigenvalue weighted by atomic mass is 9.32. The second-order valence-electron chi connectivity index (χ2n) is 19.7. The third-order valence-electron chi connectivity index (χ3n) is 16.6. The van der Waals surface area contributed by atoms with Crippen molar-refractivity contribution in [1.29, 1.82) is 0 Å². The predicted molar refractivity (Wildman–Crippen MR) is 218 cm³/mol. The predicted octanol–water partition coefficient (Wildman–Crippen LogP) is 10.4. The molecule has 7 aliphatic carbocycles. The SMILES string of the molecule is CCCN(C[C@]1(O)CC[C@H]2[C@]34C=C[C@@]5(C=C3C(=O)c3ccccc3-c3ccccc3)CC(O)CC[C@]5(C)[C@H]4CC[C@@]21C)C(=O)O[C@H]1C[C@@H](C)CC[C@@H]1C(C)C. The number of carbonyl (C=O) groups is 2. The van der Waals surface area contributed by atoms with Gasteiger partial charge in [-0.2, -0.15) is 0 Å². The number of aliphatic hydroxyl groups excluding tert-OH is 1. The van der Waals surface area contributed by atoms with Gasteiger partial charge in [-0.25, -0.2) is 4.79 Å². The van der Waals surface area contributed by atoms with E-state index in [2.05, 4.69) is 78.0 Å². The van der Waals surface area contributed by atoms with Gasteiger partial charge in [-0.15, -0.1) is 0 Å². The number of nitrogens with zero attached hydrogens (tertiary/aromatic N) is 1. The van der Waals surface area contributed by atoms with Crippen LogP contribution < -0.4 is 0 Å². The number of fused-ring (bicyclic) bond motifs is 1. The van der Waals surface area contributed by atoms with Crippen LogP contribution in [-0.4, -0.2) is 57.9 Å². The summed E-state index contributed by atoms with van der Waals surface area (Å²) in [7, 11) is 0. The zero-order chi connectivity index (χ0) is 39.0. The molecule has 7 aliphatic rings. The Kier molecular flexibility index (Phi) is 9.84. The lowest BCUT2D eigenvalue weighted by Crippen LogP contribution is -2.67. The molecule has 0 aromatic heterocycles. The fourth-order valence-electron chi connectivity index (χ4n) is 13.6. The van der Waals surface area contributed by atoms with Gasteiger partial charge in [-0.05, 0) is 110 Å². The Morgan fingerprint density at radius 3 is 2.33 bits per heavy atom. The molecule has 4 saturated carbocycles. The molecular weight excluding hydrogens is 683 g/mol. The molecule has 1 unspecified atom stereocenters. The Bertz CT molecular complexity index is 1850. The van der Waals surface area contributed by atoms with Gasteiger partial charge in [-0.1, -0.05) is 121 Å². The number of rotatable bonds is 9. The number of aliphatic hydroxyl groups is 2. The van der Waals surface area contributed by atoms with Crippen LogP contribution in [0.5, 0.6) is 0 Å². The first-order valence-electron chi connectivity index (χ1n) is 21.7. The van der Waals surface area contributed by atoms with E-state index in [1.54, 1.807) is 0 Å². The summed E-state index contributed by atoms with van der Waals surface area (Å²) in [6, 6.07) is 18.2. The van der Waals surface area contributed by atoms with Crippen molar-refractivity contribution >= 4 is 11.9 Å². The Morgan fingerprint density at radius 1 is 0.891 bits per heavy atom. The van der Waals surface area contributed by atoms with Crippen molar-refractivity contribution in [2.45, 2.75) is 130 Å². The summed E-state index contributed by atoms with van der Waals surface area (Å²) < 4.78 is 6.42. The fraction of sp³-hybridized carbons (Fsp3) is 0.633. The van der Waals surface area contributed by atoms with Crippen LogP contribution >= 0.6 is 0 Å². The van der Waals surface area contributed by atoms with Crippen LogP contribution in [-0.2, 0) is 4.74 Å². The zero-order valence-electron chi connectivity index (χ0n) is 34.2. The summed E-state index contributed by atoms with van der Waals surface area (Å²) in [6.07, 6.45) is 15.5. The Hall–Kier alpha value is -3.22. The maximum Gasteiger partial charge on any atom is 0.410 e. The minimum atomic E-state index is -1.14. The maximum atomic E-state index is 15.5. The summed E-state index contributed by atoms with van der Waals surface area (Å²) >= 11 is 0. The van der Waals surface area contributed by atoms with E-state index >= 15 is 4.79 Å². The third-order valence-corrected chi connectivity index (χ3v) is 16.6. The summed E-state index contributed by atoms with van der Waals surface area (Å²) in [5.74, 6) is 1.58. The van der Waals surface area contributed by atoms with Gasteiger partial charge in [0.05, 0.1) is 18.2 Å². The normalized spacial score (nSPS) is 40.2. The number of allylic oxidation sites excluding steroid dienone is 4. The molecule has 0 aliphatic heterocycles. The minimum Gasteiger partial charge on any atom is -0.446 e. The van der Waals surface area contributed by atoms with Crippen molar-refractivity contribution < 1.29 is 24.5 Å². The van der Waals surface area contributed by atoms with Gasteiger partial charge in [0.2, 0.25) is 0 Å². The van der Waals surface area contributed by atoms with E-state index < -0.39 is 27.9 Å². The van der Waals surface area contributed by atoms with Gasteiger partial charge in [0.25, 0.3) is 0 Å². The molecule has 2 aromatic carbocycles. The maximum absolute atomic E-state index is 15.5. The molecule has 2 aromatic rings. The number of benzene rings is 2. The zero-order valence-corrected chi connectivity index (χ0v) is 34.2. The van der Waals surface area contributed by atoms with Crippen molar-refractivity contribution in [2.24, 2.45) is 51.2 Å². The molecule has 0 radical (unpaired) electrons. The number of hydrogen-bond donors (Lipinski definition) is 2. The summed E-state index contributed by atoms with van der Waals surface area (Å²) in [6.45, 7) is 14.3. The number of amides is 1. The smallest absolute Gasteiger partial charge is 0.410 e. The highest BCUT2D eigenvalue weighted by Gasteiger charge is 2.74. The van der Waals surface area contributed by atoms with E-state index in [9.17, 15) is 15.0 Å². The van der Waals surface area contributed by atoms with Crippen molar-refractivity contribution in [3.63, 3.8) is 0 Å². The van der Waals surface area contributed by atoms with Crippen molar-refractivity contribution in [3.8, 4) is 11.1 Å². The molecule has 2 N–H and O–H groups in total. The first-order chi connectivity index (χ1) is 26.2. The molecule has 11 atom stereocenters. The van der Waals surface area contributed by atoms with Crippen LogP contribution in [0.25, 0.3) is 11.1 Å². The average molecular weight is 748 g/mol. The lowest BCUT2D eigenvalue weighted by molar-refractivity contribution is -0.175. The van der Waals surface area contributed by atoms with E-state index in [4.69, 9.17) is 4.74 Å². The van der Waals surface area contributed by atoms with Gasteiger partial charge in [0.1, 0.15) is 6.10 Å². The molecule has 1 amide bonds. The monoisotopic (exact) mass is 747 g/mol. The van der Waals surface area contributed by atoms with Crippen LogP contribution in [0.15, 0.2) is 78.4 Å². The van der Waals surface area contributed by atoms with Crippen molar-refractivity contribution in [1.82, 2.24) is 4.90 Å². The van der Waals surface area contributed by atoms with Crippen LogP contribution in [0.4, 0.5) is 4.79 Å². The molecule has 55 heavy (non-hydrogen) atoms. The summed E-state index contributed by atoms with van der Waals surface area (Å²) in [5.41, 5.74) is 0.732. The van der Waals surface area contributed by atoms with Crippen LogP contribution in [0.2, 0.25) is 0 Å². The Labute approximate surface area is 329 Å². The molecule has 0 heterocycles. The number of hydrogen-bond acceptors (Lipinski definition) is 5. The van der Waals surface area contributed by atoms with Gasteiger partial charge >= 0.3 is 6.09 Å². The first-order valence-corrected chi connectivity index (χ1v) is 21.7. The van der Waals surface area contributed by atoms with E-state index in [0.29, 0.717) is 42.7 Å². The highest BCUT2D eigenvalue weighted by Crippen LogP contribution is 2.78. The van der Waals surface area contributed by atoms with Crippen LogP contribution in [0.3, 0.4) is 0 Å². The van der Waals surface area contributed by atoms with Crippen LogP contribution in [0, 0.1) is 51.2 Å². The van der Waals surface area contributed by atoms with E-state index in [-0.39, 0.29) is 41.8 Å². The number of ketones is 1. The van der Waals surface area contributed by atoms with E-state index in [1.165, 1.54) is 6.42 Å². The van der Waals surface area contributed by atoms with Crippen molar-refractivity contribution in [2.75, 3.05) is 13.1 Å². The lowest BCUT2D eigenvalue weighted by Gasteiger charge is -2.71. The molecule has 9 rings (SSSR count). The average Bonchev–Trinajstić information content (AvgIpc) is 3.44. The molecule has 6 nitrogen and oxygen atoms in total. The van der Waals surface area contributed by atoms with Gasteiger partial charge < -0.3 is 19.8 Å². The van der Waals surface area contributed by atoms with Crippen LogP contribution in [0.1, 0.15) is 123 Å². The van der Waals surface area contributed by atoms with Gasteiger partial charge in [-0.3, -0.25) is 4.79 Å². The fourth-order valence-corrected chi connectivity index (χ4v) is 13.6. The molecular formula is C49H65NO5. The first kappa shape index (κ1) is 38.6. The highest BCUT2D eigenvalue weighted by atomic mass is 16.6.